The topological polar surface area (TPSA) is 153 Å². The van der Waals surface area contributed by atoms with E-state index in [0.29, 0.717) is 57.1 Å². The molecule has 0 saturated carbocycles. The Bertz CT molecular complexity index is 2660. The minimum absolute atomic E-state index is 0.0246. The number of carbonyl (C=O) groups is 2. The average molecular weight is 901 g/mol. The molecule has 2 aromatic carbocycles. The van der Waals surface area contributed by atoms with Crippen LogP contribution in [0, 0.1) is 17.3 Å². The van der Waals surface area contributed by atoms with E-state index in [1.807, 2.05) is 50.8 Å². The van der Waals surface area contributed by atoms with Crippen LogP contribution in [-0.2, 0) is 19.3 Å². The van der Waals surface area contributed by atoms with Crippen molar-refractivity contribution in [2.45, 2.75) is 160 Å². The van der Waals surface area contributed by atoms with Crippen LogP contribution < -0.4 is 15.0 Å². The maximum absolute atomic E-state index is 17.8. The number of halogens is 1. The number of anilines is 2. The molecule has 2 saturated heterocycles. The molecule has 2 fully saturated rings. The Morgan fingerprint density at radius 1 is 0.921 bits per heavy atom. The third-order valence-corrected chi connectivity index (χ3v) is 19.8. The van der Waals surface area contributed by atoms with E-state index in [1.54, 1.807) is 37.8 Å². The maximum Gasteiger partial charge on any atom is 0.412 e. The molecule has 16 heteroatoms. The Labute approximate surface area is 371 Å². The van der Waals surface area contributed by atoms with Gasteiger partial charge in [-0.25, -0.2) is 37.3 Å². The molecule has 1 N–H and O–H groups in total. The number of nitrogens with zero attached hydrogens (tertiary/aromatic N) is 5. The number of sulfone groups is 1. The summed E-state index contributed by atoms with van der Waals surface area (Å²) in [6.45, 7) is 26.3. The first-order valence-electron chi connectivity index (χ1n) is 21.9. The molecule has 5 heterocycles. The summed E-state index contributed by atoms with van der Waals surface area (Å²) in [4.78, 5) is 44.6. The van der Waals surface area contributed by atoms with Crippen LogP contribution >= 0.6 is 0 Å². The van der Waals surface area contributed by atoms with Crippen LogP contribution in [0.15, 0.2) is 35.5 Å². The number of rotatable bonds is 6. The molecular formula is C47H61FN6O7SSi. The third kappa shape index (κ3) is 8.43. The van der Waals surface area contributed by atoms with Crippen LogP contribution in [0.25, 0.3) is 32.9 Å². The van der Waals surface area contributed by atoms with Crippen LogP contribution in [0.2, 0.25) is 16.6 Å². The largest absolute Gasteiger partial charge is 0.472 e. The molecule has 3 aliphatic rings. The molecule has 0 spiro atoms. The van der Waals surface area contributed by atoms with Crippen molar-refractivity contribution in [3.63, 3.8) is 0 Å². The fraction of sp³-hybridized carbons (Fsp3) is 0.553. The van der Waals surface area contributed by atoms with Crippen molar-refractivity contribution in [3.8, 4) is 28.6 Å². The van der Waals surface area contributed by atoms with Gasteiger partial charge in [-0.1, -0.05) is 59.6 Å². The zero-order chi connectivity index (χ0) is 46.3. The van der Waals surface area contributed by atoms with Crippen LogP contribution in [-0.4, -0.2) is 96.8 Å². The monoisotopic (exact) mass is 900 g/mol. The van der Waals surface area contributed by atoms with E-state index in [2.05, 4.69) is 68.3 Å². The summed E-state index contributed by atoms with van der Waals surface area (Å²) in [7, 11) is -6.35. The summed E-state index contributed by atoms with van der Waals surface area (Å²) < 4.78 is 62.7. The average Bonchev–Trinajstić information content (AvgIpc) is 3.40. The highest BCUT2D eigenvalue weighted by molar-refractivity contribution is 7.90. The van der Waals surface area contributed by atoms with E-state index in [-0.39, 0.29) is 46.9 Å². The smallest absolute Gasteiger partial charge is 0.412 e. The number of carbonyl (C=O) groups excluding carboxylic acids is 2. The SMILES string of the molecule is CC(C)[Si](C#Cc1cccc2c(NC(=O)OC(C)(C)C)ccc(-c3nc4c5c(nc(S(C)(=O)=O)nc5c3F)N3C[C@H]5CC[C@@H]([C@H]3[C@H](C)O4)N5C(=O)OC(C)(C)C)c12)(C(C)C)C(C)C. The summed E-state index contributed by atoms with van der Waals surface area (Å²) in [5.41, 5.74) is 4.27. The number of fused-ring (bicyclic) bond motifs is 6. The van der Waals surface area contributed by atoms with Crippen molar-refractivity contribution in [1.29, 1.82) is 0 Å². The number of amides is 2. The van der Waals surface area contributed by atoms with E-state index in [4.69, 9.17) is 19.2 Å². The summed E-state index contributed by atoms with van der Waals surface area (Å²) in [6.07, 6.45) is 0.576. The van der Waals surface area contributed by atoms with Crippen LogP contribution in [0.1, 0.15) is 108 Å². The lowest BCUT2D eigenvalue weighted by Crippen LogP contribution is -2.65. The van der Waals surface area contributed by atoms with Gasteiger partial charge in [0.1, 0.15) is 47.8 Å². The van der Waals surface area contributed by atoms with Gasteiger partial charge in [-0.3, -0.25) is 10.2 Å². The molecule has 0 unspecified atom stereocenters. The van der Waals surface area contributed by atoms with Gasteiger partial charge in [-0.2, -0.15) is 0 Å². The maximum atomic E-state index is 17.8. The molecule has 7 rings (SSSR count). The van der Waals surface area contributed by atoms with Gasteiger partial charge in [0.05, 0.1) is 23.8 Å². The summed E-state index contributed by atoms with van der Waals surface area (Å²) >= 11 is 0. The first-order valence-corrected chi connectivity index (χ1v) is 26.0. The number of nitrogens with one attached hydrogen (secondary N) is 1. The number of ether oxygens (including phenoxy) is 3. The first kappa shape index (κ1) is 46.0. The Hall–Kier alpha value is -5.01. The quantitative estimate of drug-likeness (QED) is 0.112. The zero-order valence-corrected chi connectivity index (χ0v) is 40.7. The first-order chi connectivity index (χ1) is 29.2. The van der Waals surface area contributed by atoms with Gasteiger partial charge in [0, 0.05) is 34.7 Å². The summed E-state index contributed by atoms with van der Waals surface area (Å²) in [6, 6.07) is 7.72. The minimum Gasteiger partial charge on any atom is -0.472 e. The second-order valence-electron chi connectivity index (χ2n) is 20.2. The highest BCUT2D eigenvalue weighted by atomic mass is 32.2. The van der Waals surface area contributed by atoms with Crippen molar-refractivity contribution < 1.29 is 36.6 Å². The number of aromatic nitrogens is 3. The van der Waals surface area contributed by atoms with Gasteiger partial charge in [-0.15, -0.1) is 5.54 Å². The van der Waals surface area contributed by atoms with Crippen molar-refractivity contribution >= 4 is 63.3 Å². The second-order valence-corrected chi connectivity index (χ2v) is 27.7. The number of pyridine rings is 1. The van der Waals surface area contributed by atoms with E-state index < -0.39 is 64.4 Å². The zero-order valence-electron chi connectivity index (χ0n) is 38.9. The molecule has 63 heavy (non-hydrogen) atoms. The highest BCUT2D eigenvalue weighted by Crippen LogP contribution is 2.48. The molecule has 4 aromatic rings. The van der Waals surface area contributed by atoms with Gasteiger partial charge in [0.15, 0.2) is 5.82 Å². The molecule has 338 valence electrons. The summed E-state index contributed by atoms with van der Waals surface area (Å²) in [5, 5.41) is 3.57. The third-order valence-electron chi connectivity index (χ3n) is 12.6. The Kier molecular flexibility index (Phi) is 11.8. The molecular weight excluding hydrogens is 840 g/mol. The van der Waals surface area contributed by atoms with Crippen molar-refractivity contribution in [3.05, 3.63) is 41.7 Å². The molecule has 2 bridgehead atoms. The minimum atomic E-state index is -4.07. The second kappa shape index (κ2) is 16.2. The predicted octanol–water partition coefficient (Wildman–Crippen LogP) is 10.0. The molecule has 3 aliphatic heterocycles. The number of hydrogen-bond donors (Lipinski definition) is 1. The Morgan fingerprint density at radius 2 is 1.57 bits per heavy atom. The summed E-state index contributed by atoms with van der Waals surface area (Å²) in [5.74, 6) is 2.89. The van der Waals surface area contributed by atoms with Gasteiger partial charge < -0.3 is 19.1 Å². The predicted molar refractivity (Wildman–Crippen MR) is 247 cm³/mol. The van der Waals surface area contributed by atoms with E-state index in [1.165, 1.54) is 0 Å². The van der Waals surface area contributed by atoms with Gasteiger partial charge >= 0.3 is 12.2 Å². The number of piperazine rings is 1. The van der Waals surface area contributed by atoms with E-state index in [0.717, 1.165) is 6.26 Å². The van der Waals surface area contributed by atoms with E-state index in [9.17, 15) is 18.0 Å². The number of hydrogen-bond acceptors (Lipinski definition) is 11. The molecule has 13 nitrogen and oxygen atoms in total. The standard InChI is InChI=1S/C47H61FN6O7SSi/c1-25(2)63(26(3)4,27(5)6)23-22-29-16-15-17-31-33(49-44(55)60-46(8,9)10)20-19-32(35(29)31)38-37(48)39-36-41(52-43(51-39)62(14,57)58)53-24-30-18-21-34(40(53)28(7)59-42(36)50-38)54(30)45(56)61-47(11,12)13/h15-17,19-20,25-28,30,34,40H,18,21,24H2,1-14H3,(H,49,55)/t28-,30+,34-,40+/m0/s1. The van der Waals surface area contributed by atoms with Crippen LogP contribution in [0.4, 0.5) is 25.5 Å². The van der Waals surface area contributed by atoms with Crippen molar-refractivity contribution in [2.75, 3.05) is 23.0 Å². The molecule has 0 radical (unpaired) electrons. The van der Waals surface area contributed by atoms with Gasteiger partial charge in [0.25, 0.3) is 0 Å². The Morgan fingerprint density at radius 3 is 2.17 bits per heavy atom. The van der Waals surface area contributed by atoms with Crippen LogP contribution in [0.5, 0.6) is 5.88 Å². The Balaban J connectivity index is 1.49. The van der Waals surface area contributed by atoms with Crippen molar-refractivity contribution in [2.24, 2.45) is 0 Å². The highest BCUT2D eigenvalue weighted by Gasteiger charge is 2.54. The number of benzene rings is 2. The molecule has 0 aliphatic carbocycles. The van der Waals surface area contributed by atoms with Crippen molar-refractivity contribution in [1.82, 2.24) is 19.9 Å². The normalized spacial score (nSPS) is 20.1. The lowest BCUT2D eigenvalue weighted by atomic mass is 9.95. The molecule has 2 amide bonds. The van der Waals surface area contributed by atoms with E-state index >= 15 is 4.39 Å². The van der Waals surface area contributed by atoms with Gasteiger partial charge in [-0.05, 0) is 96.1 Å². The molecule has 2 aromatic heterocycles. The fourth-order valence-corrected chi connectivity index (χ4v) is 15.9. The lowest BCUT2D eigenvalue weighted by Gasteiger charge is -2.48. The van der Waals surface area contributed by atoms with Crippen LogP contribution in [0.3, 0.4) is 0 Å². The lowest BCUT2D eigenvalue weighted by molar-refractivity contribution is 0.000926. The fourth-order valence-electron chi connectivity index (χ4n) is 10.2. The van der Waals surface area contributed by atoms with Gasteiger partial charge in [0.2, 0.25) is 20.9 Å². The molecule has 4 atom stereocenters.